The average molecular weight is 914 g/mol. The minimum Gasteiger partial charge on any atom is -0.462 e. The molecule has 0 aliphatic carbocycles. The highest BCUT2D eigenvalue weighted by Crippen LogP contribution is 2.16. The van der Waals surface area contributed by atoms with Gasteiger partial charge in [-0.2, -0.15) is 0 Å². The Balaban J connectivity index is 4.36. The molecule has 0 aliphatic rings. The van der Waals surface area contributed by atoms with Crippen molar-refractivity contribution in [1.82, 2.24) is 0 Å². The number of unbranched alkanes of at least 4 members (excludes halogenated alkanes) is 35. The Hall–Kier alpha value is -2.37. The lowest BCUT2D eigenvalue weighted by Gasteiger charge is -2.18. The molecule has 0 saturated heterocycles. The standard InChI is InChI=1S/C59H108O6/c1-4-7-10-13-16-19-22-25-28-30-32-34-37-40-43-46-49-52-58(61)64-55-56(54-63-57(60)51-48-45-42-39-36-33-27-24-21-18-15-12-9-6-3)65-59(62)53-50-47-44-41-38-35-31-29-26-23-20-17-14-11-8-5-2/h15,18,24,27,29,31,56H,4-14,16-17,19-23,25-26,28,30,32-55H2,1-3H3/b18-15-,27-24-,31-29-. The summed E-state index contributed by atoms with van der Waals surface area (Å²) in [4.78, 5) is 38.1. The zero-order chi connectivity index (χ0) is 47.2. The van der Waals surface area contributed by atoms with Crippen molar-refractivity contribution in [3.63, 3.8) is 0 Å². The first-order chi connectivity index (χ1) is 32.0. The van der Waals surface area contributed by atoms with E-state index in [1.165, 1.54) is 180 Å². The summed E-state index contributed by atoms with van der Waals surface area (Å²) in [6.07, 6.45) is 64.1. The fraction of sp³-hybridized carbons (Fsp3) is 0.847. The first kappa shape index (κ1) is 62.6. The van der Waals surface area contributed by atoms with Gasteiger partial charge in [-0.1, -0.05) is 250 Å². The number of allylic oxidation sites excluding steroid dienone is 6. The fourth-order valence-electron chi connectivity index (χ4n) is 8.28. The van der Waals surface area contributed by atoms with E-state index in [0.717, 1.165) is 83.5 Å². The van der Waals surface area contributed by atoms with Gasteiger partial charge in [-0.15, -0.1) is 0 Å². The zero-order valence-corrected chi connectivity index (χ0v) is 43.5. The van der Waals surface area contributed by atoms with Gasteiger partial charge < -0.3 is 14.2 Å². The summed E-state index contributed by atoms with van der Waals surface area (Å²) in [5.74, 6) is -0.883. The van der Waals surface area contributed by atoms with E-state index in [1.807, 2.05) is 0 Å². The molecule has 0 spiro atoms. The quantitative estimate of drug-likeness (QED) is 0.0262. The van der Waals surface area contributed by atoms with E-state index in [9.17, 15) is 14.4 Å². The Labute approximate surface area is 404 Å². The van der Waals surface area contributed by atoms with Crippen LogP contribution in [0.3, 0.4) is 0 Å². The van der Waals surface area contributed by atoms with Crippen molar-refractivity contribution in [2.24, 2.45) is 0 Å². The van der Waals surface area contributed by atoms with Crippen LogP contribution in [0.15, 0.2) is 36.5 Å². The number of carbonyl (C=O) groups is 3. The van der Waals surface area contributed by atoms with E-state index in [-0.39, 0.29) is 31.1 Å². The van der Waals surface area contributed by atoms with Crippen LogP contribution in [0.4, 0.5) is 0 Å². The second-order valence-electron chi connectivity index (χ2n) is 19.2. The van der Waals surface area contributed by atoms with Crippen molar-refractivity contribution < 1.29 is 28.6 Å². The molecule has 1 atom stereocenters. The number of hydrogen-bond donors (Lipinski definition) is 0. The molecule has 0 N–H and O–H groups in total. The van der Waals surface area contributed by atoms with Crippen LogP contribution in [0.1, 0.15) is 303 Å². The first-order valence-corrected chi connectivity index (χ1v) is 28.5. The van der Waals surface area contributed by atoms with Crippen LogP contribution >= 0.6 is 0 Å². The highest BCUT2D eigenvalue weighted by Gasteiger charge is 2.19. The molecule has 0 radical (unpaired) electrons. The molecule has 0 aromatic carbocycles. The Morgan fingerprint density at radius 1 is 0.308 bits per heavy atom. The summed E-state index contributed by atoms with van der Waals surface area (Å²) >= 11 is 0. The van der Waals surface area contributed by atoms with Gasteiger partial charge in [0.25, 0.3) is 0 Å². The van der Waals surface area contributed by atoms with Crippen molar-refractivity contribution >= 4 is 17.9 Å². The molecule has 0 aromatic heterocycles. The molecule has 0 aromatic rings. The van der Waals surface area contributed by atoms with E-state index < -0.39 is 6.10 Å². The van der Waals surface area contributed by atoms with Gasteiger partial charge in [-0.3, -0.25) is 14.4 Å². The largest absolute Gasteiger partial charge is 0.462 e. The summed E-state index contributed by atoms with van der Waals surface area (Å²) < 4.78 is 16.9. The lowest BCUT2D eigenvalue weighted by molar-refractivity contribution is -0.167. The Kier molecular flexibility index (Phi) is 52.3. The second-order valence-corrected chi connectivity index (χ2v) is 19.2. The van der Waals surface area contributed by atoms with Crippen LogP contribution in [0.2, 0.25) is 0 Å². The van der Waals surface area contributed by atoms with E-state index in [0.29, 0.717) is 19.3 Å². The summed E-state index contributed by atoms with van der Waals surface area (Å²) in [7, 11) is 0. The van der Waals surface area contributed by atoms with Crippen LogP contribution in [-0.2, 0) is 28.6 Å². The third kappa shape index (κ3) is 52.5. The second kappa shape index (κ2) is 54.2. The van der Waals surface area contributed by atoms with E-state index in [2.05, 4.69) is 57.2 Å². The Morgan fingerprint density at radius 2 is 0.569 bits per heavy atom. The van der Waals surface area contributed by atoms with Gasteiger partial charge in [0.1, 0.15) is 13.2 Å². The zero-order valence-electron chi connectivity index (χ0n) is 43.5. The van der Waals surface area contributed by atoms with Gasteiger partial charge in [-0.25, -0.2) is 0 Å². The molecule has 0 fully saturated rings. The first-order valence-electron chi connectivity index (χ1n) is 28.5. The van der Waals surface area contributed by atoms with Crippen molar-refractivity contribution in [2.45, 2.75) is 309 Å². The molecule has 0 saturated carbocycles. The van der Waals surface area contributed by atoms with Gasteiger partial charge in [0, 0.05) is 19.3 Å². The maximum atomic E-state index is 12.8. The summed E-state index contributed by atoms with van der Waals surface area (Å²) in [6, 6.07) is 0. The molecule has 6 heteroatoms. The fourth-order valence-corrected chi connectivity index (χ4v) is 8.28. The monoisotopic (exact) mass is 913 g/mol. The molecule has 6 nitrogen and oxygen atoms in total. The SMILES string of the molecule is CCCC/C=C\C/C=C\CCCCCCCC(=O)OCC(COC(=O)CCCCCCCCCCCCCCCCCCC)OC(=O)CCCCCCC/C=C\CCCCCCCCC. The smallest absolute Gasteiger partial charge is 0.306 e. The Bertz CT molecular complexity index is 1090. The van der Waals surface area contributed by atoms with E-state index >= 15 is 0 Å². The predicted octanol–water partition coefficient (Wildman–Crippen LogP) is 18.9. The maximum Gasteiger partial charge on any atom is 0.306 e. The number of esters is 3. The molecule has 1 unspecified atom stereocenters. The van der Waals surface area contributed by atoms with E-state index in [4.69, 9.17) is 14.2 Å². The van der Waals surface area contributed by atoms with Crippen LogP contribution in [0, 0.1) is 0 Å². The summed E-state index contributed by atoms with van der Waals surface area (Å²) in [5.41, 5.74) is 0. The molecular weight excluding hydrogens is 805 g/mol. The highest BCUT2D eigenvalue weighted by atomic mass is 16.6. The maximum absolute atomic E-state index is 12.8. The van der Waals surface area contributed by atoms with Crippen molar-refractivity contribution in [2.75, 3.05) is 13.2 Å². The van der Waals surface area contributed by atoms with Gasteiger partial charge >= 0.3 is 17.9 Å². The summed E-state index contributed by atoms with van der Waals surface area (Å²) in [6.45, 7) is 6.62. The molecule has 380 valence electrons. The predicted molar refractivity (Wildman–Crippen MR) is 279 cm³/mol. The van der Waals surface area contributed by atoms with Gasteiger partial charge in [0.2, 0.25) is 0 Å². The van der Waals surface area contributed by atoms with Gasteiger partial charge in [-0.05, 0) is 70.6 Å². The van der Waals surface area contributed by atoms with Crippen LogP contribution in [-0.4, -0.2) is 37.2 Å². The van der Waals surface area contributed by atoms with Crippen LogP contribution < -0.4 is 0 Å². The minimum atomic E-state index is -0.779. The number of hydrogen-bond acceptors (Lipinski definition) is 6. The average Bonchev–Trinajstić information content (AvgIpc) is 3.30. The minimum absolute atomic E-state index is 0.0765. The summed E-state index contributed by atoms with van der Waals surface area (Å²) in [5, 5.41) is 0. The molecule has 0 aliphatic heterocycles. The third-order valence-electron chi connectivity index (χ3n) is 12.6. The lowest BCUT2D eigenvalue weighted by atomic mass is 10.0. The van der Waals surface area contributed by atoms with E-state index in [1.54, 1.807) is 0 Å². The van der Waals surface area contributed by atoms with Gasteiger partial charge in [0.15, 0.2) is 6.10 Å². The molecule has 0 heterocycles. The number of ether oxygens (including phenoxy) is 3. The van der Waals surface area contributed by atoms with Crippen molar-refractivity contribution in [3.8, 4) is 0 Å². The normalized spacial score (nSPS) is 12.2. The molecule has 0 bridgehead atoms. The molecule has 0 amide bonds. The van der Waals surface area contributed by atoms with Crippen LogP contribution in [0.25, 0.3) is 0 Å². The number of carbonyl (C=O) groups excluding carboxylic acids is 3. The highest BCUT2D eigenvalue weighted by molar-refractivity contribution is 5.71. The van der Waals surface area contributed by atoms with Gasteiger partial charge in [0.05, 0.1) is 0 Å². The van der Waals surface area contributed by atoms with Crippen molar-refractivity contribution in [1.29, 1.82) is 0 Å². The Morgan fingerprint density at radius 3 is 0.908 bits per heavy atom. The molecule has 0 rings (SSSR count). The third-order valence-corrected chi connectivity index (χ3v) is 12.6. The number of rotatable bonds is 52. The lowest BCUT2D eigenvalue weighted by Crippen LogP contribution is -2.30. The topological polar surface area (TPSA) is 78.9 Å². The van der Waals surface area contributed by atoms with Crippen molar-refractivity contribution in [3.05, 3.63) is 36.5 Å². The molecular formula is C59H108O6. The van der Waals surface area contributed by atoms with Crippen LogP contribution in [0.5, 0.6) is 0 Å². The molecule has 65 heavy (non-hydrogen) atoms.